The van der Waals surface area contributed by atoms with Gasteiger partial charge in [0.2, 0.25) is 5.91 Å². The Kier molecular flexibility index (Phi) is 4.14. The standard InChI is InChI=1S/C16H21F2N3O/c17-16(18)7-6-15(22)21(11-16)14-10-20(9-13(14)19)8-12-4-2-1-3-5-12/h1-5,13-14H,6-11,19H2/t13-,14+/m1/s1. The Balaban J connectivity index is 1.66. The number of piperidine rings is 1. The molecule has 120 valence electrons. The molecule has 0 spiro atoms. The summed E-state index contributed by atoms with van der Waals surface area (Å²) in [7, 11) is 0. The molecule has 22 heavy (non-hydrogen) atoms. The van der Waals surface area contributed by atoms with Crippen molar-refractivity contribution in [2.45, 2.75) is 37.4 Å². The Hall–Kier alpha value is -1.53. The van der Waals surface area contributed by atoms with Gasteiger partial charge >= 0.3 is 0 Å². The van der Waals surface area contributed by atoms with E-state index in [1.54, 1.807) is 0 Å². The van der Waals surface area contributed by atoms with E-state index in [-0.39, 0.29) is 30.8 Å². The van der Waals surface area contributed by atoms with Crippen molar-refractivity contribution >= 4 is 5.91 Å². The maximum atomic E-state index is 13.6. The fourth-order valence-corrected chi connectivity index (χ4v) is 3.35. The Morgan fingerprint density at radius 2 is 1.95 bits per heavy atom. The second-order valence-electron chi connectivity index (χ2n) is 6.29. The van der Waals surface area contributed by atoms with E-state index in [0.29, 0.717) is 13.1 Å². The third-order valence-corrected chi connectivity index (χ3v) is 4.48. The van der Waals surface area contributed by atoms with Crippen LogP contribution in [-0.2, 0) is 11.3 Å². The van der Waals surface area contributed by atoms with Gasteiger partial charge in [-0.1, -0.05) is 30.3 Å². The number of halogens is 2. The molecule has 4 nitrogen and oxygen atoms in total. The van der Waals surface area contributed by atoms with Crippen molar-refractivity contribution in [1.82, 2.24) is 9.80 Å². The van der Waals surface area contributed by atoms with Gasteiger partial charge in [0.25, 0.3) is 5.92 Å². The van der Waals surface area contributed by atoms with E-state index in [4.69, 9.17) is 5.73 Å². The molecule has 0 bridgehead atoms. The maximum Gasteiger partial charge on any atom is 0.265 e. The summed E-state index contributed by atoms with van der Waals surface area (Å²) in [5, 5.41) is 0. The van der Waals surface area contributed by atoms with E-state index in [0.717, 1.165) is 12.1 Å². The first-order valence-electron chi connectivity index (χ1n) is 7.64. The van der Waals surface area contributed by atoms with Gasteiger partial charge in [0, 0.05) is 38.5 Å². The summed E-state index contributed by atoms with van der Waals surface area (Å²) in [6.45, 7) is 1.40. The molecular weight excluding hydrogens is 288 g/mol. The van der Waals surface area contributed by atoms with Gasteiger partial charge in [-0.25, -0.2) is 8.78 Å². The Morgan fingerprint density at radius 3 is 2.68 bits per heavy atom. The molecule has 0 aromatic heterocycles. The summed E-state index contributed by atoms with van der Waals surface area (Å²) in [6, 6.07) is 9.35. The number of rotatable bonds is 3. The third kappa shape index (κ3) is 3.28. The molecule has 0 saturated carbocycles. The van der Waals surface area contributed by atoms with Gasteiger partial charge in [0.15, 0.2) is 0 Å². The SMILES string of the molecule is N[C@@H]1CN(Cc2ccccc2)C[C@@H]1N1CC(F)(F)CCC1=O. The van der Waals surface area contributed by atoms with Gasteiger partial charge in [-0.3, -0.25) is 9.69 Å². The summed E-state index contributed by atoms with van der Waals surface area (Å²) >= 11 is 0. The monoisotopic (exact) mass is 309 g/mol. The zero-order chi connectivity index (χ0) is 15.7. The molecule has 1 aromatic carbocycles. The van der Waals surface area contributed by atoms with Crippen LogP contribution in [0.1, 0.15) is 18.4 Å². The lowest BCUT2D eigenvalue weighted by atomic mass is 10.0. The Bertz CT molecular complexity index is 537. The first kappa shape index (κ1) is 15.4. The normalized spacial score (nSPS) is 29.0. The number of alkyl halides is 2. The summed E-state index contributed by atoms with van der Waals surface area (Å²) in [4.78, 5) is 15.4. The summed E-state index contributed by atoms with van der Waals surface area (Å²) in [5.74, 6) is -2.99. The largest absolute Gasteiger partial charge is 0.331 e. The van der Waals surface area contributed by atoms with Crippen molar-refractivity contribution in [2.75, 3.05) is 19.6 Å². The lowest BCUT2D eigenvalue weighted by Crippen LogP contribution is -2.56. The number of carbonyl (C=O) groups is 1. The average Bonchev–Trinajstić information content (AvgIpc) is 2.83. The number of nitrogens with two attached hydrogens (primary N) is 1. The third-order valence-electron chi connectivity index (χ3n) is 4.48. The molecule has 1 amide bonds. The highest BCUT2D eigenvalue weighted by Gasteiger charge is 2.45. The van der Waals surface area contributed by atoms with Gasteiger partial charge in [-0.15, -0.1) is 0 Å². The van der Waals surface area contributed by atoms with Crippen LogP contribution in [0.4, 0.5) is 8.78 Å². The van der Waals surface area contributed by atoms with Gasteiger partial charge in [0.1, 0.15) is 0 Å². The molecule has 6 heteroatoms. The van der Waals surface area contributed by atoms with Crippen LogP contribution in [0.2, 0.25) is 0 Å². The zero-order valence-electron chi connectivity index (χ0n) is 12.4. The van der Waals surface area contributed by atoms with Crippen LogP contribution < -0.4 is 5.73 Å². The Morgan fingerprint density at radius 1 is 1.23 bits per heavy atom. The van der Waals surface area contributed by atoms with Crippen LogP contribution in [0.25, 0.3) is 0 Å². The van der Waals surface area contributed by atoms with Gasteiger partial charge in [-0.05, 0) is 5.56 Å². The lowest BCUT2D eigenvalue weighted by Gasteiger charge is -2.37. The molecule has 2 aliphatic heterocycles. The molecule has 2 N–H and O–H groups in total. The predicted octanol–water partition coefficient (Wildman–Crippen LogP) is 1.46. The highest BCUT2D eigenvalue weighted by Crippen LogP contribution is 2.30. The fraction of sp³-hybridized carbons (Fsp3) is 0.562. The Labute approximate surface area is 128 Å². The number of nitrogens with zero attached hydrogens (tertiary/aromatic N) is 2. The van der Waals surface area contributed by atoms with Crippen LogP contribution in [0, 0.1) is 0 Å². The molecule has 2 heterocycles. The number of carbonyl (C=O) groups excluding carboxylic acids is 1. The van der Waals surface area contributed by atoms with Crippen molar-refractivity contribution in [1.29, 1.82) is 0 Å². The van der Waals surface area contributed by atoms with Crippen molar-refractivity contribution in [3.63, 3.8) is 0 Å². The maximum absolute atomic E-state index is 13.6. The zero-order valence-corrected chi connectivity index (χ0v) is 12.4. The van der Waals surface area contributed by atoms with E-state index in [2.05, 4.69) is 4.90 Å². The van der Waals surface area contributed by atoms with E-state index < -0.39 is 12.5 Å². The van der Waals surface area contributed by atoms with Crippen LogP contribution in [-0.4, -0.2) is 53.3 Å². The quantitative estimate of drug-likeness (QED) is 0.919. The molecule has 0 aliphatic carbocycles. The van der Waals surface area contributed by atoms with Gasteiger partial charge in [-0.2, -0.15) is 0 Å². The summed E-state index contributed by atoms with van der Waals surface area (Å²) in [6.07, 6.45) is -0.438. The van der Waals surface area contributed by atoms with Gasteiger partial charge < -0.3 is 10.6 Å². The minimum atomic E-state index is -2.79. The van der Waals surface area contributed by atoms with Crippen molar-refractivity contribution in [3.05, 3.63) is 35.9 Å². The predicted molar refractivity (Wildman–Crippen MR) is 79.4 cm³/mol. The molecule has 2 fully saturated rings. The lowest BCUT2D eigenvalue weighted by molar-refractivity contribution is -0.150. The van der Waals surface area contributed by atoms with Crippen molar-refractivity contribution < 1.29 is 13.6 Å². The highest BCUT2D eigenvalue weighted by molar-refractivity contribution is 5.77. The molecule has 2 atom stereocenters. The molecule has 1 aromatic rings. The minimum absolute atomic E-state index is 0.0884. The number of hydrogen-bond donors (Lipinski definition) is 1. The number of likely N-dealkylation sites (tertiary alicyclic amines) is 2. The fourth-order valence-electron chi connectivity index (χ4n) is 3.35. The molecule has 2 aliphatic rings. The molecule has 3 rings (SSSR count). The second-order valence-corrected chi connectivity index (χ2v) is 6.29. The van der Waals surface area contributed by atoms with Gasteiger partial charge in [0.05, 0.1) is 12.6 Å². The number of amides is 1. The number of benzene rings is 1. The molecular formula is C16H21F2N3O. The first-order valence-corrected chi connectivity index (χ1v) is 7.64. The topological polar surface area (TPSA) is 49.6 Å². The van der Waals surface area contributed by atoms with Crippen LogP contribution in [0.15, 0.2) is 30.3 Å². The van der Waals surface area contributed by atoms with Crippen LogP contribution >= 0.6 is 0 Å². The first-order chi connectivity index (χ1) is 10.4. The highest BCUT2D eigenvalue weighted by atomic mass is 19.3. The smallest absolute Gasteiger partial charge is 0.265 e. The van der Waals surface area contributed by atoms with Crippen molar-refractivity contribution in [3.8, 4) is 0 Å². The second kappa shape index (κ2) is 5.93. The molecule has 0 unspecified atom stereocenters. The van der Waals surface area contributed by atoms with Crippen molar-refractivity contribution in [2.24, 2.45) is 5.73 Å². The number of hydrogen-bond acceptors (Lipinski definition) is 3. The summed E-state index contributed by atoms with van der Waals surface area (Å²) < 4.78 is 27.2. The molecule has 2 saturated heterocycles. The summed E-state index contributed by atoms with van der Waals surface area (Å²) in [5.41, 5.74) is 7.28. The van der Waals surface area contributed by atoms with E-state index in [1.165, 1.54) is 4.90 Å². The van der Waals surface area contributed by atoms with E-state index in [1.807, 2.05) is 30.3 Å². The van der Waals surface area contributed by atoms with E-state index in [9.17, 15) is 13.6 Å². The minimum Gasteiger partial charge on any atom is -0.331 e. The van der Waals surface area contributed by atoms with Crippen LogP contribution in [0.5, 0.6) is 0 Å². The van der Waals surface area contributed by atoms with E-state index >= 15 is 0 Å². The van der Waals surface area contributed by atoms with Crippen LogP contribution in [0.3, 0.4) is 0 Å². The molecule has 0 radical (unpaired) electrons. The average molecular weight is 309 g/mol.